The molecule has 1 aliphatic heterocycles. The van der Waals surface area contributed by atoms with Crippen molar-refractivity contribution in [2.24, 2.45) is 0 Å². The molecule has 0 saturated heterocycles. The maximum Gasteiger partial charge on any atom is 1.00 e. The van der Waals surface area contributed by atoms with Gasteiger partial charge in [-0.3, -0.25) is 10.1 Å². The largest absolute Gasteiger partial charge is 1.00 e. The van der Waals surface area contributed by atoms with Crippen LogP contribution in [0.25, 0.3) is 0 Å². The second-order valence-electron chi connectivity index (χ2n) is 8.29. The van der Waals surface area contributed by atoms with Gasteiger partial charge in [0.05, 0.1) is 15.5 Å². The third kappa shape index (κ3) is 11.7. The molecule has 0 unspecified atom stereocenters. The van der Waals surface area contributed by atoms with E-state index in [1.54, 1.807) is 0 Å². The van der Waals surface area contributed by atoms with E-state index >= 15 is 0 Å². The first-order chi connectivity index (χ1) is 16.1. The molecule has 0 bridgehead atoms. The smallest absolute Gasteiger partial charge is 0.748 e. The Labute approximate surface area is 265 Å². The summed E-state index contributed by atoms with van der Waals surface area (Å²) in [6.07, 6.45) is 1.73. The first-order valence-electron chi connectivity index (χ1n) is 10.7. The molecule has 0 aliphatic carbocycles. The van der Waals surface area contributed by atoms with Crippen molar-refractivity contribution < 1.29 is 106 Å². The van der Waals surface area contributed by atoms with Gasteiger partial charge in [0.15, 0.2) is 5.71 Å². The van der Waals surface area contributed by atoms with E-state index in [9.17, 15) is 23.5 Å². The van der Waals surface area contributed by atoms with Gasteiger partial charge >= 0.3 is 59.1 Å². The first-order valence-corrected chi connectivity index (χ1v) is 14.1. The second-order valence-corrected chi connectivity index (χ2v) is 11.4. The molecule has 194 valence electrons. The van der Waals surface area contributed by atoms with Crippen LogP contribution in [0.2, 0.25) is 0 Å². The summed E-state index contributed by atoms with van der Waals surface area (Å²) in [4.78, 5) is 2.20. The van der Waals surface area contributed by atoms with Crippen LogP contribution in [0, 0.1) is 0 Å². The number of benzene rings is 1. The Morgan fingerprint density at radius 1 is 1.00 bits per heavy atom. The summed E-state index contributed by atoms with van der Waals surface area (Å²) in [6.45, 7) is 8.11. The van der Waals surface area contributed by atoms with E-state index in [-0.39, 0.29) is 71.0 Å². The molecule has 0 radical (unpaired) electrons. The Morgan fingerprint density at radius 2 is 1.56 bits per heavy atom. The zero-order valence-electron chi connectivity index (χ0n) is 21.4. The predicted octanol–water partition coefficient (Wildman–Crippen LogP) is -4.64. The summed E-state index contributed by atoms with van der Waals surface area (Å²) in [6, 6.07) is 6.17. The number of rotatable bonds is 17. The minimum Gasteiger partial charge on any atom is -0.748 e. The molecule has 1 heterocycles. The molecule has 0 N–H and O–H groups in total. The molecule has 0 spiro atoms. The standard InChI is InChI=1S/C20H32N2O9S3.2Na/c1-16-20(2,3)18-15-17(7-8-19(18)22(16)11-6-14-34(25,26)27)21(9-4-12-32-30-28-23)10-5-13-33-31-29-24;;/h7-8,15H,4-6,9-14H2,1-3H3,(H2-,23,24,25,26,27);;/q;2*+1/p-2. The van der Waals surface area contributed by atoms with E-state index in [0.717, 1.165) is 59.6 Å². The summed E-state index contributed by atoms with van der Waals surface area (Å²) < 4.78 is 43.8. The van der Waals surface area contributed by atoms with E-state index in [2.05, 4.69) is 48.1 Å². The molecule has 2 rings (SSSR count). The molecule has 0 fully saturated rings. The van der Waals surface area contributed by atoms with Gasteiger partial charge in [-0.25, -0.2) is 8.42 Å². The van der Waals surface area contributed by atoms with Crippen LogP contribution in [-0.2, 0) is 34.3 Å². The SMILES string of the molecule is CC1=[N+](CCCS(=O)(=O)[O-])c2ccc(N(CCCSOO[O-])CCCSOO[O-])cc2C1(C)C.[Na+].[Na+]. The molecule has 0 saturated carbocycles. The van der Waals surface area contributed by atoms with Crippen molar-refractivity contribution in [3.8, 4) is 0 Å². The Hall–Kier alpha value is 1.06. The number of hydrogen-bond acceptors (Lipinski definition) is 12. The summed E-state index contributed by atoms with van der Waals surface area (Å²) >= 11 is 1.89. The molecular formula is C20H30N2Na2O9S3. The van der Waals surface area contributed by atoms with Crippen LogP contribution in [-0.4, -0.2) is 60.2 Å². The monoisotopic (exact) mass is 584 g/mol. The molecular weight excluding hydrogens is 554 g/mol. The third-order valence-corrected chi connectivity index (χ3v) is 7.86. The molecule has 36 heavy (non-hydrogen) atoms. The van der Waals surface area contributed by atoms with Gasteiger partial charge in [-0.1, -0.05) is 0 Å². The van der Waals surface area contributed by atoms with Gasteiger partial charge in [0.25, 0.3) is 0 Å². The van der Waals surface area contributed by atoms with Gasteiger partial charge in [0, 0.05) is 85.1 Å². The average molecular weight is 585 g/mol. The van der Waals surface area contributed by atoms with Crippen molar-refractivity contribution in [1.82, 2.24) is 0 Å². The second kappa shape index (κ2) is 18.4. The Bertz CT molecular complexity index is 923. The molecule has 1 aliphatic rings. The Kier molecular flexibility index (Phi) is 19.0. The van der Waals surface area contributed by atoms with Gasteiger partial charge in [-0.2, -0.15) is 13.2 Å². The summed E-state index contributed by atoms with van der Waals surface area (Å²) in [7, 11) is -4.25. The topological polar surface area (TPSA) is 146 Å². The quantitative estimate of drug-likeness (QED) is 0.0330. The summed E-state index contributed by atoms with van der Waals surface area (Å²) in [5.41, 5.74) is 3.96. The van der Waals surface area contributed by atoms with Crippen molar-refractivity contribution in [3.63, 3.8) is 0 Å². The minimum absolute atomic E-state index is 0. The molecule has 1 aromatic carbocycles. The number of hydrogen-bond donors (Lipinski definition) is 0. The van der Waals surface area contributed by atoms with Gasteiger partial charge in [-0.15, -0.1) is 0 Å². The fraction of sp³-hybridized carbons (Fsp3) is 0.650. The van der Waals surface area contributed by atoms with Crippen molar-refractivity contribution in [1.29, 1.82) is 0 Å². The predicted molar refractivity (Wildman–Crippen MR) is 125 cm³/mol. The van der Waals surface area contributed by atoms with Crippen LogP contribution < -0.4 is 74.5 Å². The van der Waals surface area contributed by atoms with Crippen LogP contribution in [0.15, 0.2) is 18.2 Å². The van der Waals surface area contributed by atoms with Gasteiger partial charge < -0.3 is 20.0 Å². The minimum atomic E-state index is -4.25. The molecule has 16 heteroatoms. The maximum absolute atomic E-state index is 11.0. The van der Waals surface area contributed by atoms with Gasteiger partial charge in [-0.05, 0) is 38.8 Å². The summed E-state index contributed by atoms with van der Waals surface area (Å²) in [5, 5.41) is 26.7. The van der Waals surface area contributed by atoms with Crippen molar-refractivity contribution in [2.75, 3.05) is 41.8 Å². The van der Waals surface area contributed by atoms with Crippen LogP contribution in [0.1, 0.15) is 45.6 Å². The Balaban J connectivity index is 0.00000612. The third-order valence-electron chi connectivity index (χ3n) is 5.86. The number of anilines is 1. The molecule has 11 nitrogen and oxygen atoms in total. The number of fused-ring (bicyclic) bond motifs is 1. The average Bonchev–Trinajstić information content (AvgIpc) is 2.97. The molecule has 1 aromatic rings. The molecule has 0 aromatic heterocycles. The van der Waals surface area contributed by atoms with E-state index in [1.165, 1.54) is 0 Å². The van der Waals surface area contributed by atoms with Crippen LogP contribution in [0.4, 0.5) is 11.4 Å². The van der Waals surface area contributed by atoms with Crippen LogP contribution in [0.3, 0.4) is 0 Å². The van der Waals surface area contributed by atoms with Crippen LogP contribution >= 0.6 is 24.1 Å². The normalized spacial score (nSPS) is 14.3. The zero-order valence-corrected chi connectivity index (χ0v) is 27.8. The van der Waals surface area contributed by atoms with Crippen molar-refractivity contribution >= 4 is 51.3 Å². The maximum atomic E-state index is 11.0. The van der Waals surface area contributed by atoms with E-state index in [4.69, 9.17) is 0 Å². The molecule has 0 atom stereocenters. The van der Waals surface area contributed by atoms with E-state index < -0.39 is 15.9 Å². The van der Waals surface area contributed by atoms with Gasteiger partial charge in [0.1, 0.15) is 6.54 Å². The Morgan fingerprint density at radius 3 is 2.06 bits per heavy atom. The van der Waals surface area contributed by atoms with Gasteiger partial charge in [0.2, 0.25) is 5.69 Å². The van der Waals surface area contributed by atoms with Crippen LogP contribution in [0.5, 0.6) is 0 Å². The van der Waals surface area contributed by atoms with E-state index in [1.807, 2.05) is 19.1 Å². The fourth-order valence-electron chi connectivity index (χ4n) is 3.96. The summed E-state index contributed by atoms with van der Waals surface area (Å²) in [5.74, 6) is 0.747. The first kappa shape index (κ1) is 37.1. The number of nitrogens with zero attached hydrogens (tertiary/aromatic N) is 2. The fourth-order valence-corrected chi connectivity index (χ4v) is 5.15. The van der Waals surface area contributed by atoms with Crippen molar-refractivity contribution in [3.05, 3.63) is 23.8 Å². The van der Waals surface area contributed by atoms with E-state index in [0.29, 0.717) is 31.1 Å². The van der Waals surface area contributed by atoms with Crippen molar-refractivity contribution in [2.45, 2.75) is 45.4 Å². The zero-order chi connectivity index (χ0) is 25.2. The molecule has 0 amide bonds.